The van der Waals surface area contributed by atoms with Gasteiger partial charge in [-0.1, -0.05) is 11.3 Å². The van der Waals surface area contributed by atoms with E-state index >= 15 is 0 Å². The Kier molecular flexibility index (Phi) is 5.85. The van der Waals surface area contributed by atoms with Gasteiger partial charge in [0, 0.05) is 36.2 Å². The molecule has 0 saturated heterocycles. The number of rotatable bonds is 4. The molecule has 3 heterocycles. The van der Waals surface area contributed by atoms with E-state index in [9.17, 15) is 19.7 Å². The second kappa shape index (κ2) is 8.62. The summed E-state index contributed by atoms with van der Waals surface area (Å²) in [6.45, 7) is 6.35. The molecule has 172 valence electrons. The lowest BCUT2D eigenvalue weighted by atomic mass is 10.2. The van der Waals surface area contributed by atoms with Gasteiger partial charge in [0.25, 0.3) is 11.6 Å². The third kappa shape index (κ3) is 5.17. The molecule has 1 aliphatic heterocycles. The fourth-order valence-electron chi connectivity index (χ4n) is 3.21. The minimum Gasteiger partial charge on any atom is -0.444 e. The molecule has 2 amide bonds. The standard InChI is InChI=1S/C21H22N6O5S/c1-21(2,3)32-20(29)25-10-8-15-17(12-25)33-19(22-15)23-18(28)16-9-11-26(24-16)13-4-6-14(7-5-13)27(30)31/h4-7,9,11H,8,10,12H2,1-3H3,(H,22,23,28). The molecule has 1 N–H and O–H groups in total. The van der Waals surface area contributed by atoms with E-state index in [0.29, 0.717) is 30.3 Å². The van der Waals surface area contributed by atoms with Crippen LogP contribution < -0.4 is 5.32 Å². The molecular formula is C21H22N6O5S. The van der Waals surface area contributed by atoms with Crippen molar-refractivity contribution in [3.63, 3.8) is 0 Å². The van der Waals surface area contributed by atoms with Crippen molar-refractivity contribution in [2.45, 2.75) is 39.3 Å². The van der Waals surface area contributed by atoms with Crippen LogP contribution in [-0.4, -0.2) is 48.7 Å². The van der Waals surface area contributed by atoms with E-state index in [1.165, 1.54) is 28.2 Å². The maximum Gasteiger partial charge on any atom is 0.410 e. The first-order chi connectivity index (χ1) is 15.6. The van der Waals surface area contributed by atoms with Gasteiger partial charge < -0.3 is 9.64 Å². The predicted octanol–water partition coefficient (Wildman–Crippen LogP) is 3.78. The average Bonchev–Trinajstić information content (AvgIpc) is 3.39. The lowest BCUT2D eigenvalue weighted by Crippen LogP contribution is -2.39. The third-order valence-electron chi connectivity index (χ3n) is 4.75. The van der Waals surface area contributed by atoms with Gasteiger partial charge in [0.1, 0.15) is 5.60 Å². The molecule has 12 heteroatoms. The number of carbonyl (C=O) groups is 2. The number of aromatic nitrogens is 3. The molecule has 3 aromatic rings. The van der Waals surface area contributed by atoms with Gasteiger partial charge in [0.2, 0.25) is 0 Å². The molecule has 0 unspecified atom stereocenters. The van der Waals surface area contributed by atoms with Crippen LogP contribution in [0.1, 0.15) is 41.8 Å². The van der Waals surface area contributed by atoms with E-state index in [0.717, 1.165) is 10.6 Å². The highest BCUT2D eigenvalue weighted by atomic mass is 32.1. The van der Waals surface area contributed by atoms with Gasteiger partial charge in [-0.25, -0.2) is 14.5 Å². The van der Waals surface area contributed by atoms with Crippen molar-refractivity contribution in [3.8, 4) is 5.69 Å². The van der Waals surface area contributed by atoms with Crippen molar-refractivity contribution in [1.29, 1.82) is 0 Å². The molecule has 0 bridgehead atoms. The number of hydrogen-bond donors (Lipinski definition) is 1. The summed E-state index contributed by atoms with van der Waals surface area (Å²) in [4.78, 5) is 42.3. The smallest absolute Gasteiger partial charge is 0.410 e. The van der Waals surface area contributed by atoms with Crippen LogP contribution in [0.5, 0.6) is 0 Å². The summed E-state index contributed by atoms with van der Waals surface area (Å²) >= 11 is 1.31. The van der Waals surface area contributed by atoms with Crippen LogP contribution in [0, 0.1) is 10.1 Å². The number of benzene rings is 1. The average molecular weight is 471 g/mol. The van der Waals surface area contributed by atoms with E-state index < -0.39 is 16.4 Å². The number of amides is 2. The zero-order chi connectivity index (χ0) is 23.8. The normalized spacial score (nSPS) is 13.4. The number of nitro groups is 1. The van der Waals surface area contributed by atoms with Gasteiger partial charge in [-0.15, -0.1) is 0 Å². The first-order valence-corrected chi connectivity index (χ1v) is 11.0. The molecule has 11 nitrogen and oxygen atoms in total. The number of nitrogens with one attached hydrogen (secondary N) is 1. The Morgan fingerprint density at radius 3 is 2.61 bits per heavy atom. The number of thiazole rings is 1. The number of ether oxygens (including phenoxy) is 1. The van der Waals surface area contributed by atoms with Gasteiger partial charge >= 0.3 is 6.09 Å². The molecular weight excluding hydrogens is 448 g/mol. The number of hydrogen-bond acceptors (Lipinski definition) is 8. The van der Waals surface area contributed by atoms with Gasteiger partial charge in [0.15, 0.2) is 10.8 Å². The predicted molar refractivity (Wildman–Crippen MR) is 121 cm³/mol. The summed E-state index contributed by atoms with van der Waals surface area (Å²) in [6.07, 6.45) is 1.81. The van der Waals surface area contributed by atoms with Gasteiger partial charge in [-0.05, 0) is 39.0 Å². The topological polar surface area (TPSA) is 132 Å². The van der Waals surface area contributed by atoms with Crippen LogP contribution in [0.3, 0.4) is 0 Å². The maximum atomic E-state index is 12.7. The number of non-ortho nitro benzene ring substituents is 1. The van der Waals surface area contributed by atoms with Crippen LogP contribution >= 0.6 is 11.3 Å². The fourth-order valence-corrected chi connectivity index (χ4v) is 4.23. The molecule has 0 fully saturated rings. The van der Waals surface area contributed by atoms with E-state index in [1.807, 2.05) is 20.8 Å². The highest BCUT2D eigenvalue weighted by Gasteiger charge is 2.28. The summed E-state index contributed by atoms with van der Waals surface area (Å²) in [5.74, 6) is -0.425. The number of carbonyl (C=O) groups excluding carboxylic acids is 2. The van der Waals surface area contributed by atoms with Gasteiger partial charge in [-0.2, -0.15) is 5.10 Å². The SMILES string of the molecule is CC(C)(C)OC(=O)N1CCc2nc(NC(=O)c3ccn(-c4ccc([N+](=O)[O-])cc4)n3)sc2C1. The van der Waals surface area contributed by atoms with Crippen molar-refractivity contribution in [2.24, 2.45) is 0 Å². The van der Waals surface area contributed by atoms with E-state index in [-0.39, 0.29) is 17.5 Å². The first kappa shape index (κ1) is 22.4. The number of nitro benzene ring substituents is 1. The zero-order valence-corrected chi connectivity index (χ0v) is 19.1. The molecule has 33 heavy (non-hydrogen) atoms. The van der Waals surface area contributed by atoms with Crippen LogP contribution in [0.15, 0.2) is 36.5 Å². The summed E-state index contributed by atoms with van der Waals surface area (Å²) in [5.41, 5.74) is 1.03. The number of fused-ring (bicyclic) bond motifs is 1. The highest BCUT2D eigenvalue weighted by molar-refractivity contribution is 7.15. The van der Waals surface area contributed by atoms with Crippen LogP contribution in [0.4, 0.5) is 15.6 Å². The molecule has 0 spiro atoms. The van der Waals surface area contributed by atoms with Crippen molar-refractivity contribution in [3.05, 3.63) is 62.9 Å². The first-order valence-electron chi connectivity index (χ1n) is 10.2. The maximum absolute atomic E-state index is 12.7. The molecule has 0 atom stereocenters. The van der Waals surface area contributed by atoms with Crippen molar-refractivity contribution >= 4 is 34.2 Å². The second-order valence-corrected chi connectivity index (χ2v) is 9.50. The summed E-state index contributed by atoms with van der Waals surface area (Å²) in [6, 6.07) is 7.40. The van der Waals surface area contributed by atoms with E-state index in [4.69, 9.17) is 4.74 Å². The van der Waals surface area contributed by atoms with E-state index in [1.54, 1.807) is 29.3 Å². The molecule has 1 aliphatic rings. The van der Waals surface area contributed by atoms with Crippen LogP contribution in [-0.2, 0) is 17.7 Å². The Bertz CT molecular complexity index is 1210. The second-order valence-electron chi connectivity index (χ2n) is 8.41. The Labute approximate surface area is 193 Å². The minimum atomic E-state index is -0.567. The van der Waals surface area contributed by atoms with Crippen molar-refractivity contribution in [2.75, 3.05) is 11.9 Å². The Hall–Kier alpha value is -3.80. The van der Waals surface area contributed by atoms with Gasteiger partial charge in [0.05, 0.1) is 22.8 Å². The summed E-state index contributed by atoms with van der Waals surface area (Å²) < 4.78 is 6.90. The lowest BCUT2D eigenvalue weighted by Gasteiger charge is -2.29. The Morgan fingerprint density at radius 2 is 1.94 bits per heavy atom. The molecule has 2 aromatic heterocycles. The molecule has 4 rings (SSSR count). The number of anilines is 1. The minimum absolute atomic E-state index is 0.0261. The Morgan fingerprint density at radius 1 is 1.21 bits per heavy atom. The molecule has 0 saturated carbocycles. The number of nitrogens with zero attached hydrogens (tertiary/aromatic N) is 5. The molecule has 1 aromatic carbocycles. The highest BCUT2D eigenvalue weighted by Crippen LogP contribution is 2.29. The summed E-state index contributed by atoms with van der Waals surface area (Å²) in [5, 5.41) is 18.2. The summed E-state index contributed by atoms with van der Waals surface area (Å²) in [7, 11) is 0. The monoisotopic (exact) mass is 470 g/mol. The van der Waals surface area contributed by atoms with E-state index in [2.05, 4.69) is 15.4 Å². The van der Waals surface area contributed by atoms with Crippen molar-refractivity contribution < 1.29 is 19.2 Å². The van der Waals surface area contributed by atoms with Gasteiger partial charge in [-0.3, -0.25) is 20.2 Å². The van der Waals surface area contributed by atoms with Crippen LogP contribution in [0.2, 0.25) is 0 Å². The Balaban J connectivity index is 1.41. The zero-order valence-electron chi connectivity index (χ0n) is 18.3. The van der Waals surface area contributed by atoms with Crippen LogP contribution in [0.25, 0.3) is 5.69 Å². The quantitative estimate of drug-likeness (QED) is 0.453. The molecule has 0 aliphatic carbocycles. The fraction of sp³-hybridized carbons (Fsp3) is 0.333. The van der Waals surface area contributed by atoms with Crippen molar-refractivity contribution in [1.82, 2.24) is 19.7 Å². The third-order valence-corrected chi connectivity index (χ3v) is 5.75. The molecule has 0 radical (unpaired) electrons. The largest absolute Gasteiger partial charge is 0.444 e. The lowest BCUT2D eigenvalue weighted by molar-refractivity contribution is -0.384.